The molecule has 0 saturated carbocycles. The fourth-order valence-electron chi connectivity index (χ4n) is 1.12. The SMILES string of the molecule is CN(C)C1=C(SCCO)C(=O)NC1=O. The topological polar surface area (TPSA) is 69.6 Å². The Morgan fingerprint density at radius 3 is 2.50 bits per heavy atom. The van der Waals surface area contributed by atoms with Crippen LogP contribution in [0.2, 0.25) is 0 Å². The zero-order valence-electron chi connectivity index (χ0n) is 8.03. The standard InChI is InChI=1S/C8H12N2O3S/c1-10(2)5-6(14-4-3-11)8(13)9-7(5)12/h11H,3-4H2,1-2H3,(H,9,12,13). The van der Waals surface area contributed by atoms with Gasteiger partial charge in [-0.2, -0.15) is 0 Å². The maximum absolute atomic E-state index is 11.3. The van der Waals surface area contributed by atoms with Gasteiger partial charge in [-0.05, 0) is 0 Å². The fraction of sp³-hybridized carbons (Fsp3) is 0.500. The van der Waals surface area contributed by atoms with Crippen molar-refractivity contribution in [3.8, 4) is 0 Å². The molecule has 2 N–H and O–H groups in total. The van der Waals surface area contributed by atoms with Crippen LogP contribution in [0.5, 0.6) is 0 Å². The highest BCUT2D eigenvalue weighted by molar-refractivity contribution is 8.04. The van der Waals surface area contributed by atoms with Gasteiger partial charge >= 0.3 is 0 Å². The molecule has 0 aromatic heterocycles. The van der Waals surface area contributed by atoms with E-state index in [4.69, 9.17) is 5.11 Å². The summed E-state index contributed by atoms with van der Waals surface area (Å²) in [6, 6.07) is 0. The largest absolute Gasteiger partial charge is 0.396 e. The Bertz CT molecular complexity index is 299. The van der Waals surface area contributed by atoms with E-state index in [0.29, 0.717) is 16.4 Å². The number of thioether (sulfide) groups is 1. The first-order chi connectivity index (χ1) is 6.57. The summed E-state index contributed by atoms with van der Waals surface area (Å²) in [6.07, 6.45) is 0. The Morgan fingerprint density at radius 2 is 2.00 bits per heavy atom. The molecule has 2 amide bonds. The highest BCUT2D eigenvalue weighted by Gasteiger charge is 2.31. The Labute approximate surface area is 86.1 Å². The molecule has 5 nitrogen and oxygen atoms in total. The number of likely N-dealkylation sites (N-methyl/N-ethyl adjacent to an activating group) is 1. The summed E-state index contributed by atoms with van der Waals surface area (Å²) in [5.74, 6) is -0.342. The molecule has 0 radical (unpaired) electrons. The number of carbonyl (C=O) groups excluding carboxylic acids is 2. The van der Waals surface area contributed by atoms with Gasteiger partial charge in [0, 0.05) is 19.8 Å². The Balaban J connectivity index is 2.91. The van der Waals surface area contributed by atoms with Crippen LogP contribution in [0.3, 0.4) is 0 Å². The van der Waals surface area contributed by atoms with Gasteiger partial charge in [-0.1, -0.05) is 0 Å². The molecule has 6 heteroatoms. The molecule has 0 fully saturated rings. The maximum Gasteiger partial charge on any atom is 0.275 e. The first-order valence-corrected chi connectivity index (χ1v) is 5.07. The number of aliphatic hydroxyl groups is 1. The molecule has 0 aromatic carbocycles. The summed E-state index contributed by atoms with van der Waals surface area (Å²) in [6.45, 7) is -0.0175. The van der Waals surface area contributed by atoms with Crippen molar-refractivity contribution < 1.29 is 14.7 Å². The summed E-state index contributed by atoms with van der Waals surface area (Å²) >= 11 is 1.19. The third-order valence-electron chi connectivity index (χ3n) is 1.65. The average molecular weight is 216 g/mol. The lowest BCUT2D eigenvalue weighted by molar-refractivity contribution is -0.124. The van der Waals surface area contributed by atoms with Gasteiger partial charge in [0.25, 0.3) is 11.8 Å². The van der Waals surface area contributed by atoms with Crippen LogP contribution in [-0.2, 0) is 9.59 Å². The second-order valence-corrected chi connectivity index (χ2v) is 4.03. The molecule has 1 aliphatic rings. The number of hydrogen-bond acceptors (Lipinski definition) is 5. The van der Waals surface area contributed by atoms with Crippen LogP contribution in [0.4, 0.5) is 0 Å². The van der Waals surface area contributed by atoms with Crippen LogP contribution < -0.4 is 5.32 Å². The molecular formula is C8H12N2O3S. The number of amides is 2. The fourth-order valence-corrected chi connectivity index (χ4v) is 2.01. The average Bonchev–Trinajstić information content (AvgIpc) is 2.37. The Hall–Kier alpha value is -1.01. The van der Waals surface area contributed by atoms with Crippen molar-refractivity contribution in [3.05, 3.63) is 10.6 Å². The Morgan fingerprint density at radius 1 is 1.36 bits per heavy atom. The van der Waals surface area contributed by atoms with Crippen molar-refractivity contribution >= 4 is 23.6 Å². The summed E-state index contributed by atoms with van der Waals surface area (Å²) < 4.78 is 0. The van der Waals surface area contributed by atoms with E-state index >= 15 is 0 Å². The highest BCUT2D eigenvalue weighted by atomic mass is 32.2. The summed E-state index contributed by atoms with van der Waals surface area (Å²) in [7, 11) is 3.40. The molecule has 0 bridgehead atoms. The second-order valence-electron chi connectivity index (χ2n) is 2.93. The number of imide groups is 1. The number of nitrogens with one attached hydrogen (secondary N) is 1. The molecule has 1 aliphatic heterocycles. The molecule has 0 saturated heterocycles. The van der Waals surface area contributed by atoms with Gasteiger partial charge in [-0.25, -0.2) is 0 Å². The van der Waals surface area contributed by atoms with E-state index < -0.39 is 0 Å². The molecule has 0 unspecified atom stereocenters. The van der Waals surface area contributed by atoms with Gasteiger partial charge in [0.1, 0.15) is 10.6 Å². The zero-order chi connectivity index (χ0) is 10.7. The molecule has 0 aromatic rings. The summed E-state index contributed by atoms with van der Waals surface area (Å²) in [4.78, 5) is 24.6. The van der Waals surface area contributed by atoms with Crippen molar-refractivity contribution in [2.75, 3.05) is 26.5 Å². The zero-order valence-corrected chi connectivity index (χ0v) is 8.85. The van der Waals surface area contributed by atoms with E-state index in [2.05, 4.69) is 5.32 Å². The quantitative estimate of drug-likeness (QED) is 0.599. The third kappa shape index (κ3) is 2.08. The smallest absolute Gasteiger partial charge is 0.275 e. The van der Waals surface area contributed by atoms with E-state index in [9.17, 15) is 9.59 Å². The number of carbonyl (C=O) groups is 2. The number of hydrogen-bond donors (Lipinski definition) is 2. The summed E-state index contributed by atoms with van der Waals surface area (Å²) in [5.41, 5.74) is 0.369. The lowest BCUT2D eigenvalue weighted by atomic mass is 10.4. The first kappa shape index (κ1) is 11.1. The maximum atomic E-state index is 11.3. The van der Waals surface area contributed by atoms with E-state index in [1.165, 1.54) is 11.8 Å². The molecule has 0 aliphatic carbocycles. The molecule has 0 spiro atoms. The van der Waals surface area contributed by atoms with Crippen LogP contribution in [0.25, 0.3) is 0 Å². The van der Waals surface area contributed by atoms with Gasteiger partial charge in [0.2, 0.25) is 0 Å². The van der Waals surface area contributed by atoms with Gasteiger partial charge in [-0.15, -0.1) is 11.8 Å². The lowest BCUT2D eigenvalue weighted by Crippen LogP contribution is -2.26. The van der Waals surface area contributed by atoms with E-state index in [1.807, 2.05) is 0 Å². The number of aliphatic hydroxyl groups excluding tert-OH is 1. The van der Waals surface area contributed by atoms with Gasteiger partial charge in [0.05, 0.1) is 6.61 Å². The van der Waals surface area contributed by atoms with Crippen LogP contribution >= 0.6 is 11.8 Å². The van der Waals surface area contributed by atoms with Gasteiger partial charge in [-0.3, -0.25) is 14.9 Å². The number of rotatable bonds is 4. The van der Waals surface area contributed by atoms with E-state index in [1.54, 1.807) is 19.0 Å². The first-order valence-electron chi connectivity index (χ1n) is 4.09. The number of nitrogens with zero attached hydrogens (tertiary/aromatic N) is 1. The molecule has 1 rings (SSSR count). The van der Waals surface area contributed by atoms with Gasteiger partial charge < -0.3 is 10.0 Å². The van der Waals surface area contributed by atoms with E-state index in [0.717, 1.165) is 0 Å². The van der Waals surface area contributed by atoms with Gasteiger partial charge in [0.15, 0.2) is 0 Å². The van der Waals surface area contributed by atoms with Crippen molar-refractivity contribution in [1.82, 2.24) is 10.2 Å². The molecule has 78 valence electrons. The molecule has 14 heavy (non-hydrogen) atoms. The Kier molecular flexibility index (Phi) is 3.54. The lowest BCUT2D eigenvalue weighted by Gasteiger charge is -2.12. The van der Waals surface area contributed by atoms with Crippen LogP contribution in [-0.4, -0.2) is 48.3 Å². The van der Waals surface area contributed by atoms with Crippen molar-refractivity contribution in [3.63, 3.8) is 0 Å². The monoisotopic (exact) mass is 216 g/mol. The van der Waals surface area contributed by atoms with Crippen molar-refractivity contribution in [2.45, 2.75) is 0 Å². The molecule has 1 heterocycles. The predicted molar refractivity (Wildman–Crippen MR) is 53.4 cm³/mol. The van der Waals surface area contributed by atoms with Crippen molar-refractivity contribution in [1.29, 1.82) is 0 Å². The second kappa shape index (κ2) is 4.47. The summed E-state index contributed by atoms with van der Waals surface area (Å²) in [5, 5.41) is 10.8. The van der Waals surface area contributed by atoms with Crippen LogP contribution in [0.15, 0.2) is 10.6 Å². The van der Waals surface area contributed by atoms with Crippen LogP contribution in [0.1, 0.15) is 0 Å². The van der Waals surface area contributed by atoms with E-state index in [-0.39, 0.29) is 18.4 Å². The highest BCUT2D eigenvalue weighted by Crippen LogP contribution is 2.25. The molecular weight excluding hydrogens is 204 g/mol. The van der Waals surface area contributed by atoms with Crippen molar-refractivity contribution in [2.24, 2.45) is 0 Å². The predicted octanol–water partition coefficient (Wildman–Crippen LogP) is -0.859. The normalized spacial score (nSPS) is 16.2. The van der Waals surface area contributed by atoms with Crippen LogP contribution in [0, 0.1) is 0 Å². The minimum Gasteiger partial charge on any atom is -0.396 e. The minimum absolute atomic E-state index is 0.0175. The minimum atomic E-state index is -0.378. The third-order valence-corrected chi connectivity index (χ3v) is 2.70. The molecule has 0 atom stereocenters.